The number of hydrogen-bond donors (Lipinski definition) is 1. The molecule has 2 rings (SSSR count). The summed E-state index contributed by atoms with van der Waals surface area (Å²) in [5.41, 5.74) is 0.957. The Labute approximate surface area is 229 Å². The number of likely N-dealkylation sites (N-methyl/N-ethyl adjacent to an activating group) is 1. The summed E-state index contributed by atoms with van der Waals surface area (Å²) in [4.78, 5) is 27.8. The summed E-state index contributed by atoms with van der Waals surface area (Å²) in [5.74, 6) is -0.135. The SMILES string of the molecule is CCNC(=O)[C@@H](CC)N(Cc1c(Cl)cccc1Cl)C(=O)CCCN(c1ccccc1OCC)S(C)(=O)=O. The van der Waals surface area contributed by atoms with E-state index in [0.717, 1.165) is 6.26 Å². The third kappa shape index (κ3) is 8.51. The summed E-state index contributed by atoms with van der Waals surface area (Å²) >= 11 is 12.7. The van der Waals surface area contributed by atoms with Crippen LogP contribution in [0.2, 0.25) is 10.0 Å². The standard InChI is InChI=1S/C26H35Cl2N3O5S/c1-5-22(26(33)29-6-2)30(18-19-20(27)12-10-13-21(19)28)25(32)16-11-17-31(37(4,34)35)23-14-8-9-15-24(23)36-7-3/h8-10,12-15,22H,5-7,11,16-18H2,1-4H3,(H,29,33)/t22-/m1/s1. The number of carbonyl (C=O) groups is 2. The number of amides is 2. The molecular weight excluding hydrogens is 537 g/mol. The van der Waals surface area contributed by atoms with Crippen LogP contribution >= 0.6 is 23.2 Å². The highest BCUT2D eigenvalue weighted by molar-refractivity contribution is 7.92. The molecule has 0 aromatic heterocycles. The van der Waals surface area contributed by atoms with Gasteiger partial charge in [0.15, 0.2) is 0 Å². The maximum absolute atomic E-state index is 13.5. The number of benzene rings is 2. The summed E-state index contributed by atoms with van der Waals surface area (Å²) in [6.45, 7) is 6.37. The van der Waals surface area contributed by atoms with Crippen molar-refractivity contribution in [1.82, 2.24) is 10.2 Å². The molecule has 8 nitrogen and oxygen atoms in total. The summed E-state index contributed by atoms with van der Waals surface area (Å²) in [5, 5.41) is 3.57. The summed E-state index contributed by atoms with van der Waals surface area (Å²) in [6, 6.07) is 11.2. The molecule has 0 aliphatic heterocycles. The minimum atomic E-state index is -3.65. The summed E-state index contributed by atoms with van der Waals surface area (Å²) in [6.07, 6.45) is 1.74. The van der Waals surface area contributed by atoms with Crippen LogP contribution in [0.1, 0.15) is 45.6 Å². The quantitative estimate of drug-likeness (QED) is 0.348. The van der Waals surface area contributed by atoms with Crippen LogP contribution in [0, 0.1) is 0 Å². The first-order chi connectivity index (χ1) is 17.5. The predicted octanol–water partition coefficient (Wildman–Crippen LogP) is 4.88. The zero-order valence-electron chi connectivity index (χ0n) is 21.7. The summed E-state index contributed by atoms with van der Waals surface area (Å²) in [7, 11) is -3.65. The fourth-order valence-electron chi connectivity index (χ4n) is 3.99. The van der Waals surface area contributed by atoms with Crippen molar-refractivity contribution in [2.75, 3.05) is 30.3 Å². The minimum absolute atomic E-state index is 0.0147. The lowest BCUT2D eigenvalue weighted by molar-refractivity contribution is -0.141. The molecule has 0 spiro atoms. The van der Waals surface area contributed by atoms with Crippen LogP contribution < -0.4 is 14.4 Å². The largest absolute Gasteiger partial charge is 0.492 e. The van der Waals surface area contributed by atoms with Gasteiger partial charge in [0.1, 0.15) is 11.8 Å². The number of para-hydroxylation sites is 2. The fraction of sp³-hybridized carbons (Fsp3) is 0.462. The monoisotopic (exact) mass is 571 g/mol. The molecule has 0 unspecified atom stereocenters. The van der Waals surface area contributed by atoms with Gasteiger partial charge < -0.3 is 15.0 Å². The highest BCUT2D eigenvalue weighted by Gasteiger charge is 2.30. The van der Waals surface area contributed by atoms with Gasteiger partial charge in [0.2, 0.25) is 21.8 Å². The number of sulfonamides is 1. The van der Waals surface area contributed by atoms with Gasteiger partial charge in [0.05, 0.1) is 18.6 Å². The average Bonchev–Trinajstić information content (AvgIpc) is 2.83. The van der Waals surface area contributed by atoms with Gasteiger partial charge in [0.25, 0.3) is 0 Å². The van der Waals surface area contributed by atoms with E-state index in [0.29, 0.717) is 46.6 Å². The molecule has 0 saturated heterocycles. The first-order valence-corrected chi connectivity index (χ1v) is 14.8. The van der Waals surface area contributed by atoms with Crippen LogP contribution in [-0.2, 0) is 26.2 Å². The van der Waals surface area contributed by atoms with Gasteiger partial charge in [-0.15, -0.1) is 0 Å². The number of anilines is 1. The van der Waals surface area contributed by atoms with Crippen LogP contribution in [0.4, 0.5) is 5.69 Å². The van der Waals surface area contributed by atoms with Crippen molar-refractivity contribution in [3.05, 3.63) is 58.1 Å². The van der Waals surface area contributed by atoms with E-state index in [1.807, 2.05) is 20.8 Å². The molecule has 1 atom stereocenters. The van der Waals surface area contributed by atoms with Gasteiger partial charge in [-0.2, -0.15) is 0 Å². The zero-order chi connectivity index (χ0) is 27.6. The van der Waals surface area contributed by atoms with E-state index in [9.17, 15) is 18.0 Å². The number of carbonyl (C=O) groups excluding carboxylic acids is 2. The van der Waals surface area contributed by atoms with Gasteiger partial charge in [-0.1, -0.05) is 48.3 Å². The molecule has 0 aliphatic rings. The number of halogens is 2. The Balaban J connectivity index is 2.29. The Morgan fingerprint density at radius 1 is 1.03 bits per heavy atom. The lowest BCUT2D eigenvalue weighted by Gasteiger charge is -2.31. The Morgan fingerprint density at radius 2 is 1.68 bits per heavy atom. The Morgan fingerprint density at radius 3 is 2.24 bits per heavy atom. The minimum Gasteiger partial charge on any atom is -0.492 e. The maximum atomic E-state index is 13.5. The van der Waals surface area contributed by atoms with Gasteiger partial charge >= 0.3 is 0 Å². The molecular formula is C26H35Cl2N3O5S. The van der Waals surface area contributed by atoms with Crippen molar-refractivity contribution in [3.63, 3.8) is 0 Å². The van der Waals surface area contributed by atoms with Gasteiger partial charge in [-0.25, -0.2) is 8.42 Å². The molecule has 2 aromatic carbocycles. The number of ether oxygens (including phenoxy) is 1. The first kappa shape index (κ1) is 30.7. The van der Waals surface area contributed by atoms with Crippen molar-refractivity contribution in [2.45, 2.75) is 52.6 Å². The van der Waals surface area contributed by atoms with Crippen LogP contribution in [0.25, 0.3) is 0 Å². The number of nitrogens with one attached hydrogen (secondary N) is 1. The van der Waals surface area contributed by atoms with E-state index in [1.165, 1.54) is 9.21 Å². The smallest absolute Gasteiger partial charge is 0.242 e. The highest BCUT2D eigenvalue weighted by Crippen LogP contribution is 2.31. The van der Waals surface area contributed by atoms with Gasteiger partial charge in [0, 0.05) is 41.7 Å². The number of hydrogen-bond acceptors (Lipinski definition) is 5. The van der Waals surface area contributed by atoms with Crippen LogP contribution in [0.15, 0.2) is 42.5 Å². The Hall–Kier alpha value is -2.49. The molecule has 0 saturated carbocycles. The molecule has 0 radical (unpaired) electrons. The second-order valence-electron chi connectivity index (χ2n) is 8.38. The second-order valence-corrected chi connectivity index (χ2v) is 11.1. The van der Waals surface area contributed by atoms with E-state index in [1.54, 1.807) is 42.5 Å². The molecule has 0 bridgehead atoms. The van der Waals surface area contributed by atoms with Crippen molar-refractivity contribution in [1.29, 1.82) is 0 Å². The lowest BCUT2D eigenvalue weighted by atomic mass is 10.1. The highest BCUT2D eigenvalue weighted by atomic mass is 35.5. The second kappa shape index (κ2) is 14.4. The van der Waals surface area contributed by atoms with Crippen LogP contribution in [0.5, 0.6) is 5.75 Å². The molecule has 11 heteroatoms. The number of rotatable bonds is 14. The zero-order valence-corrected chi connectivity index (χ0v) is 24.0. The van der Waals surface area contributed by atoms with E-state index >= 15 is 0 Å². The number of nitrogens with zero attached hydrogens (tertiary/aromatic N) is 2. The third-order valence-corrected chi connectivity index (χ3v) is 7.60. The van der Waals surface area contributed by atoms with Crippen LogP contribution in [-0.4, -0.2) is 57.1 Å². The fourth-order valence-corrected chi connectivity index (χ4v) is 5.47. The van der Waals surface area contributed by atoms with E-state index < -0.39 is 16.1 Å². The van der Waals surface area contributed by atoms with Crippen LogP contribution in [0.3, 0.4) is 0 Å². The van der Waals surface area contributed by atoms with E-state index in [2.05, 4.69) is 5.32 Å². The Bertz CT molecular complexity index is 1160. The van der Waals surface area contributed by atoms with E-state index in [4.69, 9.17) is 27.9 Å². The molecule has 0 heterocycles. The lowest BCUT2D eigenvalue weighted by Crippen LogP contribution is -2.49. The van der Waals surface area contributed by atoms with Crippen molar-refractivity contribution in [3.8, 4) is 5.75 Å². The van der Waals surface area contributed by atoms with E-state index in [-0.39, 0.29) is 37.7 Å². The third-order valence-electron chi connectivity index (χ3n) is 5.71. The molecule has 1 N–H and O–H groups in total. The van der Waals surface area contributed by atoms with Crippen molar-refractivity contribution < 1.29 is 22.7 Å². The predicted molar refractivity (Wildman–Crippen MR) is 149 cm³/mol. The normalized spacial score (nSPS) is 12.1. The maximum Gasteiger partial charge on any atom is 0.242 e. The molecule has 0 fully saturated rings. The molecule has 0 aliphatic carbocycles. The molecule has 2 aromatic rings. The average molecular weight is 573 g/mol. The molecule has 2 amide bonds. The first-order valence-electron chi connectivity index (χ1n) is 12.2. The van der Waals surface area contributed by atoms with Gasteiger partial charge in [-0.3, -0.25) is 13.9 Å². The summed E-state index contributed by atoms with van der Waals surface area (Å²) < 4.78 is 32.1. The van der Waals surface area contributed by atoms with Gasteiger partial charge in [-0.05, 0) is 51.0 Å². The Kier molecular flexibility index (Phi) is 12.0. The molecule has 204 valence electrons. The topological polar surface area (TPSA) is 96.0 Å². The molecule has 37 heavy (non-hydrogen) atoms. The van der Waals surface area contributed by atoms with Crippen molar-refractivity contribution >= 4 is 50.7 Å². The van der Waals surface area contributed by atoms with Crippen molar-refractivity contribution in [2.24, 2.45) is 0 Å².